The molecule has 4 aromatic rings. The van der Waals surface area contributed by atoms with E-state index in [0.29, 0.717) is 17.0 Å². The molecule has 0 unspecified atom stereocenters. The number of benzene rings is 2. The lowest BCUT2D eigenvalue weighted by Gasteiger charge is -2.04. The SMILES string of the molecule is O=C(OCc1cc(-c2ccccc2)on1)c1ccc(-n2cccn2)cc1. The highest BCUT2D eigenvalue weighted by molar-refractivity contribution is 5.89. The maximum Gasteiger partial charge on any atom is 0.338 e. The van der Waals surface area contributed by atoms with Crippen LogP contribution in [0.2, 0.25) is 0 Å². The van der Waals surface area contributed by atoms with E-state index in [1.165, 1.54) is 0 Å². The number of aromatic nitrogens is 3. The average Bonchev–Trinajstić information content (AvgIpc) is 3.39. The van der Waals surface area contributed by atoms with Gasteiger partial charge >= 0.3 is 5.97 Å². The fraction of sp³-hybridized carbons (Fsp3) is 0.0500. The van der Waals surface area contributed by atoms with Crippen LogP contribution in [-0.2, 0) is 11.3 Å². The Labute approximate surface area is 149 Å². The summed E-state index contributed by atoms with van der Waals surface area (Å²) in [5.41, 5.74) is 2.82. The van der Waals surface area contributed by atoms with E-state index >= 15 is 0 Å². The van der Waals surface area contributed by atoms with E-state index in [4.69, 9.17) is 9.26 Å². The van der Waals surface area contributed by atoms with Crippen molar-refractivity contribution < 1.29 is 14.1 Å². The molecule has 6 nitrogen and oxygen atoms in total. The Balaban J connectivity index is 1.39. The third-order valence-corrected chi connectivity index (χ3v) is 3.84. The molecule has 0 saturated heterocycles. The van der Waals surface area contributed by atoms with Gasteiger partial charge in [0.15, 0.2) is 5.76 Å². The van der Waals surface area contributed by atoms with E-state index in [2.05, 4.69) is 10.3 Å². The maximum atomic E-state index is 12.2. The predicted octanol–water partition coefficient (Wildman–Crippen LogP) is 3.88. The van der Waals surface area contributed by atoms with Crippen molar-refractivity contribution in [2.45, 2.75) is 6.61 Å². The summed E-state index contributed by atoms with van der Waals surface area (Å²) in [5.74, 6) is 0.224. The van der Waals surface area contributed by atoms with E-state index < -0.39 is 5.97 Å². The molecule has 4 rings (SSSR count). The first-order valence-corrected chi connectivity index (χ1v) is 8.08. The number of ether oxygens (including phenoxy) is 1. The van der Waals surface area contributed by atoms with Gasteiger partial charge in [0.25, 0.3) is 0 Å². The number of rotatable bonds is 5. The summed E-state index contributed by atoms with van der Waals surface area (Å²) in [6, 6.07) is 20.3. The number of hydrogen-bond acceptors (Lipinski definition) is 5. The third kappa shape index (κ3) is 3.39. The molecule has 128 valence electrons. The zero-order valence-electron chi connectivity index (χ0n) is 13.8. The molecule has 0 aliphatic carbocycles. The normalized spacial score (nSPS) is 10.6. The number of carbonyl (C=O) groups is 1. The molecular formula is C20H15N3O3. The van der Waals surface area contributed by atoms with Gasteiger partial charge in [0, 0.05) is 24.0 Å². The summed E-state index contributed by atoms with van der Waals surface area (Å²) in [6.07, 6.45) is 3.53. The summed E-state index contributed by atoms with van der Waals surface area (Å²) in [7, 11) is 0. The molecule has 2 aromatic heterocycles. The van der Waals surface area contributed by atoms with E-state index in [1.54, 1.807) is 29.1 Å². The first kappa shape index (κ1) is 15.8. The van der Waals surface area contributed by atoms with Crippen LogP contribution in [-0.4, -0.2) is 20.9 Å². The number of hydrogen-bond donors (Lipinski definition) is 0. The van der Waals surface area contributed by atoms with Crippen LogP contribution in [0.5, 0.6) is 0 Å². The minimum atomic E-state index is -0.415. The summed E-state index contributed by atoms with van der Waals surface area (Å²) < 4.78 is 12.3. The molecule has 0 bridgehead atoms. The van der Waals surface area contributed by atoms with Crippen molar-refractivity contribution in [3.05, 3.63) is 90.4 Å². The first-order valence-electron chi connectivity index (χ1n) is 8.08. The van der Waals surface area contributed by atoms with E-state index in [1.807, 2.05) is 54.7 Å². The van der Waals surface area contributed by atoms with Crippen molar-refractivity contribution in [1.29, 1.82) is 0 Å². The van der Waals surface area contributed by atoms with Gasteiger partial charge in [0.1, 0.15) is 12.3 Å². The summed E-state index contributed by atoms with van der Waals surface area (Å²) in [5, 5.41) is 8.09. The van der Waals surface area contributed by atoms with Crippen LogP contribution in [0, 0.1) is 0 Å². The Morgan fingerprint density at radius 1 is 1.04 bits per heavy atom. The molecule has 2 heterocycles. The Morgan fingerprint density at radius 3 is 2.58 bits per heavy atom. The molecule has 0 saturated carbocycles. The first-order chi connectivity index (χ1) is 12.8. The fourth-order valence-electron chi connectivity index (χ4n) is 2.51. The Bertz CT molecular complexity index is 990. The van der Waals surface area contributed by atoms with Crippen LogP contribution in [0.1, 0.15) is 16.1 Å². The Hall–Kier alpha value is -3.67. The maximum absolute atomic E-state index is 12.2. The molecule has 6 heteroatoms. The van der Waals surface area contributed by atoms with E-state index in [-0.39, 0.29) is 6.61 Å². The van der Waals surface area contributed by atoms with E-state index in [9.17, 15) is 4.79 Å². The van der Waals surface area contributed by atoms with Crippen LogP contribution in [0.25, 0.3) is 17.0 Å². The highest BCUT2D eigenvalue weighted by Crippen LogP contribution is 2.20. The van der Waals surface area contributed by atoms with Gasteiger partial charge in [0.2, 0.25) is 0 Å². The lowest BCUT2D eigenvalue weighted by atomic mass is 10.2. The molecule has 0 aliphatic rings. The van der Waals surface area contributed by atoms with Gasteiger partial charge in [-0.3, -0.25) is 0 Å². The van der Waals surface area contributed by atoms with Gasteiger partial charge in [-0.15, -0.1) is 0 Å². The predicted molar refractivity (Wildman–Crippen MR) is 94.6 cm³/mol. The minimum absolute atomic E-state index is 0.0517. The number of nitrogens with zero attached hydrogens (tertiary/aromatic N) is 3. The van der Waals surface area contributed by atoms with Gasteiger partial charge in [0.05, 0.1) is 11.3 Å². The molecule has 0 spiro atoms. The quantitative estimate of drug-likeness (QED) is 0.513. The van der Waals surface area contributed by atoms with Crippen molar-refractivity contribution >= 4 is 5.97 Å². The molecule has 2 aromatic carbocycles. The minimum Gasteiger partial charge on any atom is -0.455 e. The van der Waals surface area contributed by atoms with Crippen molar-refractivity contribution in [2.24, 2.45) is 0 Å². The standard InChI is InChI=1S/C20H15N3O3/c24-20(16-7-9-18(10-8-16)23-12-4-11-21-23)25-14-17-13-19(26-22-17)15-5-2-1-3-6-15/h1-13H,14H2. The molecule has 0 N–H and O–H groups in total. The second kappa shape index (κ2) is 7.06. The van der Waals surface area contributed by atoms with Crippen LogP contribution >= 0.6 is 0 Å². The molecule has 0 amide bonds. The van der Waals surface area contributed by atoms with Gasteiger partial charge in [-0.05, 0) is 30.3 Å². The molecule has 0 fully saturated rings. The largest absolute Gasteiger partial charge is 0.455 e. The highest BCUT2D eigenvalue weighted by Gasteiger charge is 2.11. The topological polar surface area (TPSA) is 70.2 Å². The zero-order chi connectivity index (χ0) is 17.8. The van der Waals surface area contributed by atoms with Crippen LogP contribution in [0.15, 0.2) is 83.6 Å². The van der Waals surface area contributed by atoms with Crippen molar-refractivity contribution in [1.82, 2.24) is 14.9 Å². The smallest absolute Gasteiger partial charge is 0.338 e. The second-order valence-corrected chi connectivity index (χ2v) is 5.62. The fourth-order valence-corrected chi connectivity index (χ4v) is 2.51. The van der Waals surface area contributed by atoms with Gasteiger partial charge < -0.3 is 9.26 Å². The second-order valence-electron chi connectivity index (χ2n) is 5.62. The highest BCUT2D eigenvalue weighted by atomic mass is 16.5. The summed E-state index contributed by atoms with van der Waals surface area (Å²) >= 11 is 0. The monoisotopic (exact) mass is 345 g/mol. The third-order valence-electron chi connectivity index (χ3n) is 3.84. The zero-order valence-corrected chi connectivity index (χ0v) is 13.8. The van der Waals surface area contributed by atoms with Crippen LogP contribution < -0.4 is 0 Å². The summed E-state index contributed by atoms with van der Waals surface area (Å²) in [6.45, 7) is 0.0517. The number of carbonyl (C=O) groups excluding carboxylic acids is 1. The average molecular weight is 345 g/mol. The van der Waals surface area contributed by atoms with E-state index in [0.717, 1.165) is 11.3 Å². The van der Waals surface area contributed by atoms with Crippen molar-refractivity contribution in [3.63, 3.8) is 0 Å². The van der Waals surface area contributed by atoms with Crippen molar-refractivity contribution in [2.75, 3.05) is 0 Å². The van der Waals surface area contributed by atoms with Crippen LogP contribution in [0.3, 0.4) is 0 Å². The van der Waals surface area contributed by atoms with Gasteiger partial charge in [-0.2, -0.15) is 5.10 Å². The van der Waals surface area contributed by atoms with Crippen LogP contribution in [0.4, 0.5) is 0 Å². The van der Waals surface area contributed by atoms with Crippen molar-refractivity contribution in [3.8, 4) is 17.0 Å². The molecule has 0 radical (unpaired) electrons. The number of esters is 1. The van der Waals surface area contributed by atoms with Gasteiger partial charge in [-0.1, -0.05) is 35.5 Å². The molecule has 26 heavy (non-hydrogen) atoms. The lowest BCUT2D eigenvalue weighted by molar-refractivity contribution is 0.0464. The lowest BCUT2D eigenvalue weighted by Crippen LogP contribution is -2.05. The van der Waals surface area contributed by atoms with Gasteiger partial charge in [-0.25, -0.2) is 9.48 Å². The summed E-state index contributed by atoms with van der Waals surface area (Å²) in [4.78, 5) is 12.2. The Morgan fingerprint density at radius 2 is 1.85 bits per heavy atom. The Kier molecular flexibility index (Phi) is 4.30. The molecular weight excluding hydrogens is 330 g/mol. The molecule has 0 aliphatic heterocycles. The molecule has 0 atom stereocenters.